The minimum atomic E-state index is 0.216. The summed E-state index contributed by atoms with van der Waals surface area (Å²) in [5.74, 6) is 0.530. The molecular formula is C23H35N3O. The fourth-order valence-corrected chi connectivity index (χ4v) is 4.70. The quantitative estimate of drug-likeness (QED) is 0.865. The second kappa shape index (κ2) is 8.32. The molecule has 0 bridgehead atoms. The summed E-state index contributed by atoms with van der Waals surface area (Å²) in [6.45, 7) is 9.95. The summed E-state index contributed by atoms with van der Waals surface area (Å²) < 4.78 is 0. The highest BCUT2D eigenvalue weighted by atomic mass is 16.2. The number of benzene rings is 1. The van der Waals surface area contributed by atoms with E-state index in [0.29, 0.717) is 18.0 Å². The van der Waals surface area contributed by atoms with Crippen molar-refractivity contribution in [2.45, 2.75) is 71.0 Å². The summed E-state index contributed by atoms with van der Waals surface area (Å²) in [5.41, 5.74) is 4.21. The molecule has 1 N–H and O–H groups in total. The number of piperidine rings is 2. The molecule has 1 saturated carbocycles. The normalized spacial score (nSPS) is 25.5. The van der Waals surface area contributed by atoms with Crippen LogP contribution in [-0.4, -0.2) is 54.0 Å². The van der Waals surface area contributed by atoms with Gasteiger partial charge in [-0.15, -0.1) is 0 Å². The van der Waals surface area contributed by atoms with Crippen LogP contribution in [0.15, 0.2) is 18.2 Å². The van der Waals surface area contributed by atoms with Gasteiger partial charge in [0.2, 0.25) is 5.91 Å². The van der Waals surface area contributed by atoms with Crippen LogP contribution >= 0.6 is 0 Å². The average Bonchev–Trinajstić information content (AvgIpc) is 3.49. The summed E-state index contributed by atoms with van der Waals surface area (Å²) in [6, 6.07) is 8.02. The first-order chi connectivity index (χ1) is 13.1. The maximum Gasteiger partial charge on any atom is 0.224 e. The van der Waals surface area contributed by atoms with Gasteiger partial charge in [0.15, 0.2) is 0 Å². The number of hydrogen-bond donors (Lipinski definition) is 1. The largest absolute Gasteiger partial charge is 0.353 e. The Morgan fingerprint density at radius 3 is 2.52 bits per heavy atom. The van der Waals surface area contributed by atoms with E-state index < -0.39 is 0 Å². The smallest absolute Gasteiger partial charge is 0.224 e. The van der Waals surface area contributed by atoms with E-state index in [9.17, 15) is 4.79 Å². The van der Waals surface area contributed by atoms with Crippen LogP contribution in [0, 0.1) is 19.8 Å². The first-order valence-corrected chi connectivity index (χ1v) is 10.9. The summed E-state index contributed by atoms with van der Waals surface area (Å²) in [7, 11) is 0. The molecule has 3 fully saturated rings. The van der Waals surface area contributed by atoms with E-state index in [0.717, 1.165) is 19.5 Å². The van der Waals surface area contributed by atoms with Gasteiger partial charge in [-0.3, -0.25) is 14.6 Å². The number of nitrogens with one attached hydrogen (secondary N) is 1. The molecule has 0 spiro atoms. The van der Waals surface area contributed by atoms with Crippen molar-refractivity contribution in [3.05, 3.63) is 34.9 Å². The zero-order valence-electron chi connectivity index (χ0n) is 17.0. The highest BCUT2D eigenvalue weighted by Crippen LogP contribution is 2.26. The lowest BCUT2D eigenvalue weighted by molar-refractivity contribution is -0.127. The maximum atomic E-state index is 12.4. The zero-order chi connectivity index (χ0) is 18.8. The molecule has 1 atom stereocenters. The highest BCUT2D eigenvalue weighted by molar-refractivity contribution is 5.79. The minimum Gasteiger partial charge on any atom is -0.353 e. The van der Waals surface area contributed by atoms with Crippen LogP contribution in [0.2, 0.25) is 0 Å². The lowest BCUT2D eigenvalue weighted by atomic mass is 9.93. The fourth-order valence-electron chi connectivity index (χ4n) is 4.70. The molecule has 148 valence electrons. The molecule has 2 saturated heterocycles. The van der Waals surface area contributed by atoms with Crippen molar-refractivity contribution in [1.82, 2.24) is 15.1 Å². The number of rotatable bonds is 5. The van der Waals surface area contributed by atoms with Crippen LogP contribution in [0.3, 0.4) is 0 Å². The molecule has 4 rings (SSSR count). The van der Waals surface area contributed by atoms with Gasteiger partial charge in [0.1, 0.15) is 0 Å². The molecular weight excluding hydrogens is 334 g/mol. The highest BCUT2D eigenvalue weighted by Gasteiger charge is 2.33. The third-order valence-corrected chi connectivity index (χ3v) is 6.80. The molecule has 0 radical (unpaired) electrons. The van der Waals surface area contributed by atoms with Gasteiger partial charge in [-0.25, -0.2) is 0 Å². The first-order valence-electron chi connectivity index (χ1n) is 10.9. The van der Waals surface area contributed by atoms with Gasteiger partial charge in [0.05, 0.1) is 5.92 Å². The number of likely N-dealkylation sites (tertiary alicyclic amines) is 2. The number of amides is 1. The zero-order valence-corrected chi connectivity index (χ0v) is 17.0. The van der Waals surface area contributed by atoms with Crippen molar-refractivity contribution in [3.8, 4) is 0 Å². The van der Waals surface area contributed by atoms with Gasteiger partial charge < -0.3 is 5.32 Å². The van der Waals surface area contributed by atoms with Crippen molar-refractivity contribution < 1.29 is 4.79 Å². The molecule has 1 amide bonds. The van der Waals surface area contributed by atoms with E-state index in [2.05, 4.69) is 47.2 Å². The van der Waals surface area contributed by atoms with Crippen molar-refractivity contribution in [1.29, 1.82) is 0 Å². The monoisotopic (exact) mass is 369 g/mol. The Kier molecular flexibility index (Phi) is 5.84. The molecule has 1 aliphatic carbocycles. The Morgan fingerprint density at radius 2 is 1.81 bits per heavy atom. The summed E-state index contributed by atoms with van der Waals surface area (Å²) >= 11 is 0. The van der Waals surface area contributed by atoms with Gasteiger partial charge in [-0.1, -0.05) is 18.2 Å². The van der Waals surface area contributed by atoms with Crippen LogP contribution in [0.1, 0.15) is 55.2 Å². The Labute approximate surface area is 164 Å². The number of hydrogen-bond acceptors (Lipinski definition) is 3. The molecule has 1 aromatic carbocycles. The Hall–Kier alpha value is -1.39. The second-order valence-corrected chi connectivity index (χ2v) is 9.04. The van der Waals surface area contributed by atoms with Crippen molar-refractivity contribution in [3.63, 3.8) is 0 Å². The molecule has 4 nitrogen and oxygen atoms in total. The van der Waals surface area contributed by atoms with Crippen LogP contribution in [0.4, 0.5) is 0 Å². The topological polar surface area (TPSA) is 35.6 Å². The van der Waals surface area contributed by atoms with Crippen molar-refractivity contribution >= 4 is 5.91 Å². The predicted octanol–water partition coefficient (Wildman–Crippen LogP) is 3.26. The Bertz CT molecular complexity index is 662. The van der Waals surface area contributed by atoms with Gasteiger partial charge in [-0.2, -0.15) is 0 Å². The number of aryl methyl sites for hydroxylation is 2. The molecule has 0 aromatic heterocycles. The Balaban J connectivity index is 1.25. The van der Waals surface area contributed by atoms with Gasteiger partial charge in [0, 0.05) is 25.2 Å². The average molecular weight is 370 g/mol. The van der Waals surface area contributed by atoms with Crippen molar-refractivity contribution in [2.75, 3.05) is 26.2 Å². The molecule has 0 unspecified atom stereocenters. The van der Waals surface area contributed by atoms with Crippen LogP contribution in [-0.2, 0) is 11.3 Å². The minimum absolute atomic E-state index is 0.216. The van der Waals surface area contributed by atoms with Crippen molar-refractivity contribution in [2.24, 2.45) is 5.92 Å². The van der Waals surface area contributed by atoms with E-state index in [4.69, 9.17) is 0 Å². The summed E-state index contributed by atoms with van der Waals surface area (Å²) in [4.78, 5) is 17.7. The molecule has 3 aliphatic rings. The van der Waals surface area contributed by atoms with E-state index >= 15 is 0 Å². The second-order valence-electron chi connectivity index (χ2n) is 9.04. The third-order valence-electron chi connectivity index (χ3n) is 6.80. The van der Waals surface area contributed by atoms with E-state index in [-0.39, 0.29) is 5.92 Å². The fraction of sp³-hybridized carbons (Fsp3) is 0.696. The third kappa shape index (κ3) is 4.91. The predicted molar refractivity (Wildman–Crippen MR) is 110 cm³/mol. The van der Waals surface area contributed by atoms with Crippen LogP contribution in [0.25, 0.3) is 0 Å². The van der Waals surface area contributed by atoms with Crippen LogP contribution < -0.4 is 5.32 Å². The molecule has 2 heterocycles. The lowest BCUT2D eigenvalue weighted by Crippen LogP contribution is -2.50. The Morgan fingerprint density at radius 1 is 1.04 bits per heavy atom. The first kappa shape index (κ1) is 18.9. The molecule has 27 heavy (non-hydrogen) atoms. The SMILES string of the molecule is Cc1ccc(CN2CCC(N3CCC[C@@H](C(=O)NC4CC4)C3)CC2)cc1C. The number of carbonyl (C=O) groups is 1. The summed E-state index contributed by atoms with van der Waals surface area (Å²) in [5, 5.41) is 3.22. The molecule has 2 aliphatic heterocycles. The van der Waals surface area contributed by atoms with E-state index in [1.54, 1.807) is 0 Å². The molecule has 4 heteroatoms. The lowest BCUT2D eigenvalue weighted by Gasteiger charge is -2.42. The number of nitrogens with zero attached hydrogens (tertiary/aromatic N) is 2. The summed E-state index contributed by atoms with van der Waals surface area (Å²) in [6.07, 6.45) is 7.08. The van der Waals surface area contributed by atoms with E-state index in [1.807, 2.05) is 0 Å². The van der Waals surface area contributed by atoms with Gasteiger partial charge in [-0.05, 0) is 88.7 Å². The van der Waals surface area contributed by atoms with E-state index in [1.165, 1.54) is 68.4 Å². The maximum absolute atomic E-state index is 12.4. The molecule has 1 aromatic rings. The standard InChI is InChI=1S/C23H35N3O/c1-17-5-6-19(14-18(17)2)15-25-12-9-22(10-13-25)26-11-3-4-20(16-26)23(27)24-21-7-8-21/h5-6,14,20-22H,3-4,7-13,15-16H2,1-2H3,(H,24,27)/t20-/m1/s1. The number of carbonyl (C=O) groups excluding carboxylic acids is 1. The van der Waals surface area contributed by atoms with Gasteiger partial charge >= 0.3 is 0 Å². The van der Waals surface area contributed by atoms with Crippen LogP contribution in [0.5, 0.6) is 0 Å². The van der Waals surface area contributed by atoms with Gasteiger partial charge in [0.25, 0.3) is 0 Å².